The minimum atomic E-state index is -5.67. The fourth-order valence-corrected chi connectivity index (χ4v) is 7.89. The summed E-state index contributed by atoms with van der Waals surface area (Å²) in [5.41, 5.74) is 4.25. The van der Waals surface area contributed by atoms with Gasteiger partial charge in [0.05, 0.1) is 31.8 Å². The van der Waals surface area contributed by atoms with Crippen LogP contribution in [0.1, 0.15) is 83.8 Å². The number of phosphoric ester groups is 2. The number of unbranched alkanes of at least 4 members (excludes halogenated alkanes) is 8. The lowest BCUT2D eigenvalue weighted by atomic mass is 9.97. The number of ether oxygens (including phenoxy) is 3. The molecule has 3 rings (SSSR count). The number of carbonyl (C=O) groups excluding carboxylic acids is 1. The number of aliphatic hydroxyl groups is 5. The predicted octanol–water partition coefficient (Wildman–Crippen LogP) is -0.604. The summed E-state index contributed by atoms with van der Waals surface area (Å²) in [6, 6.07) is -0.791. The van der Waals surface area contributed by atoms with Crippen molar-refractivity contribution < 1.29 is 76.8 Å². The van der Waals surface area contributed by atoms with Crippen LogP contribution in [0.4, 0.5) is 0 Å². The van der Waals surface area contributed by atoms with Gasteiger partial charge < -0.3 is 55.3 Å². The number of aromatic amines is 1. The Morgan fingerprint density at radius 1 is 0.962 bits per heavy atom. The van der Waals surface area contributed by atoms with Crippen molar-refractivity contribution in [1.29, 1.82) is 0 Å². The SMILES string of the molecule is CCCCCCCCCCCC(O)CC(=O)OC1C(N)C(OP(=O)(O)OP(=O)(O)OCC2OC(n3ccc(=O)[nH]c3=O)C(O)C2O)OC(CO)C1O. The number of aliphatic hydroxyl groups excluding tert-OH is 5. The highest BCUT2D eigenvalue weighted by molar-refractivity contribution is 7.61. The van der Waals surface area contributed by atoms with Gasteiger partial charge in [0.25, 0.3) is 5.56 Å². The summed E-state index contributed by atoms with van der Waals surface area (Å²) in [6.45, 7) is 0.202. The number of aromatic nitrogens is 2. The van der Waals surface area contributed by atoms with Crippen LogP contribution >= 0.6 is 15.6 Å². The number of nitrogens with zero attached hydrogens (tertiary/aromatic N) is 1. The second-order valence-electron chi connectivity index (χ2n) is 12.7. The van der Waals surface area contributed by atoms with Crippen molar-refractivity contribution in [3.8, 4) is 0 Å². The molecular formula is C29H51N3O18P2. The average molecular weight is 792 g/mol. The highest BCUT2D eigenvalue weighted by atomic mass is 31.3. The van der Waals surface area contributed by atoms with Crippen LogP contribution in [0.2, 0.25) is 0 Å². The zero-order valence-electron chi connectivity index (χ0n) is 28.7. The molecule has 2 saturated heterocycles. The fraction of sp³-hybridized carbons (Fsp3) is 0.828. The van der Waals surface area contributed by atoms with Gasteiger partial charge in [-0.15, -0.1) is 0 Å². The molecule has 0 aliphatic carbocycles. The van der Waals surface area contributed by atoms with E-state index in [-0.39, 0.29) is 0 Å². The van der Waals surface area contributed by atoms with Gasteiger partial charge in [0, 0.05) is 12.3 Å². The van der Waals surface area contributed by atoms with Crippen molar-refractivity contribution in [2.75, 3.05) is 13.2 Å². The monoisotopic (exact) mass is 791 g/mol. The molecule has 23 heteroatoms. The van der Waals surface area contributed by atoms with Crippen LogP contribution in [0.3, 0.4) is 0 Å². The summed E-state index contributed by atoms with van der Waals surface area (Å²) >= 11 is 0. The number of hydrogen-bond donors (Lipinski definition) is 9. The molecule has 52 heavy (non-hydrogen) atoms. The third kappa shape index (κ3) is 13.4. The van der Waals surface area contributed by atoms with E-state index in [0.29, 0.717) is 12.8 Å². The number of hydrogen-bond acceptors (Lipinski definition) is 17. The van der Waals surface area contributed by atoms with Gasteiger partial charge in [0.2, 0.25) is 0 Å². The van der Waals surface area contributed by atoms with E-state index >= 15 is 0 Å². The van der Waals surface area contributed by atoms with Crippen LogP contribution in [0.25, 0.3) is 0 Å². The van der Waals surface area contributed by atoms with E-state index in [1.807, 2.05) is 4.98 Å². The zero-order valence-corrected chi connectivity index (χ0v) is 30.4. The van der Waals surface area contributed by atoms with Crippen molar-refractivity contribution in [1.82, 2.24) is 9.55 Å². The standard InChI is InChI=1S/C29H51N3O18P2/c1-2-3-4-5-6-7-8-9-10-11-17(34)14-21(36)48-26-22(30)28(47-18(15-33)24(26)38)49-52(43,44)50-51(41,42)45-16-19-23(37)25(39)27(46-19)32-13-12-20(35)31-29(32)40/h12-13,17-19,22-28,33-34,37-39H,2-11,14-16,30H2,1H3,(H,41,42)(H,43,44)(H,31,35,40). The maximum absolute atomic E-state index is 12.7. The molecule has 0 bridgehead atoms. The van der Waals surface area contributed by atoms with Gasteiger partial charge in [-0.1, -0.05) is 64.7 Å². The summed E-state index contributed by atoms with van der Waals surface area (Å²) in [7, 11) is -11.2. The van der Waals surface area contributed by atoms with Gasteiger partial charge in [-0.2, -0.15) is 4.31 Å². The van der Waals surface area contributed by atoms with E-state index in [4.69, 9.17) is 24.5 Å². The van der Waals surface area contributed by atoms with Gasteiger partial charge in [-0.05, 0) is 6.42 Å². The molecule has 3 heterocycles. The Balaban J connectivity index is 1.51. The van der Waals surface area contributed by atoms with Crippen LogP contribution < -0.4 is 17.0 Å². The van der Waals surface area contributed by atoms with Crippen LogP contribution in [-0.2, 0) is 41.5 Å². The summed E-state index contributed by atoms with van der Waals surface area (Å²) in [6.07, 6.45) is -4.54. The van der Waals surface area contributed by atoms with Gasteiger partial charge >= 0.3 is 27.3 Å². The van der Waals surface area contributed by atoms with E-state index in [1.165, 1.54) is 25.7 Å². The number of nitrogens with one attached hydrogen (secondary N) is 1. The topological polar surface area (TPSA) is 329 Å². The Bertz CT molecular complexity index is 1480. The first-order valence-electron chi connectivity index (χ1n) is 17.1. The number of H-pyrrole nitrogens is 1. The van der Waals surface area contributed by atoms with Crippen molar-refractivity contribution in [2.45, 2.75) is 139 Å². The van der Waals surface area contributed by atoms with E-state index in [9.17, 15) is 58.8 Å². The molecule has 0 amide bonds. The molecule has 2 fully saturated rings. The zero-order chi connectivity index (χ0) is 38.6. The molecule has 10 N–H and O–H groups in total. The summed E-state index contributed by atoms with van der Waals surface area (Å²) in [4.78, 5) is 58.3. The molecule has 0 aromatic carbocycles. The van der Waals surface area contributed by atoms with Gasteiger partial charge in [0.1, 0.15) is 30.5 Å². The lowest BCUT2D eigenvalue weighted by molar-refractivity contribution is -0.249. The highest BCUT2D eigenvalue weighted by Crippen LogP contribution is 2.61. The predicted molar refractivity (Wildman–Crippen MR) is 177 cm³/mol. The van der Waals surface area contributed by atoms with Crippen LogP contribution in [0, 0.1) is 0 Å². The average Bonchev–Trinajstić information content (AvgIpc) is 3.34. The molecule has 12 atom stereocenters. The maximum atomic E-state index is 12.7. The molecule has 2 aliphatic rings. The lowest BCUT2D eigenvalue weighted by Gasteiger charge is -2.42. The van der Waals surface area contributed by atoms with Crippen molar-refractivity contribution >= 4 is 21.6 Å². The third-order valence-corrected chi connectivity index (χ3v) is 11.1. The van der Waals surface area contributed by atoms with E-state index in [0.717, 1.165) is 42.5 Å². The molecule has 2 aliphatic heterocycles. The van der Waals surface area contributed by atoms with Gasteiger partial charge in [-0.3, -0.25) is 28.2 Å². The Labute approximate surface area is 298 Å². The highest BCUT2D eigenvalue weighted by Gasteiger charge is 2.50. The molecule has 1 aromatic rings. The first kappa shape index (κ1) is 44.5. The Kier molecular flexibility index (Phi) is 17.7. The van der Waals surface area contributed by atoms with Gasteiger partial charge in [-0.25, -0.2) is 13.9 Å². The maximum Gasteiger partial charge on any atom is 0.483 e. The van der Waals surface area contributed by atoms with Crippen LogP contribution in [0.5, 0.6) is 0 Å². The third-order valence-electron chi connectivity index (χ3n) is 8.52. The first-order chi connectivity index (χ1) is 24.5. The van der Waals surface area contributed by atoms with Crippen LogP contribution in [-0.4, -0.2) is 119 Å². The Morgan fingerprint density at radius 3 is 2.21 bits per heavy atom. The van der Waals surface area contributed by atoms with Crippen molar-refractivity contribution in [3.05, 3.63) is 33.1 Å². The van der Waals surface area contributed by atoms with Crippen molar-refractivity contribution in [2.24, 2.45) is 5.73 Å². The minimum Gasteiger partial charge on any atom is -0.458 e. The number of carbonyl (C=O) groups is 1. The molecule has 12 unspecified atom stereocenters. The second-order valence-corrected chi connectivity index (χ2v) is 15.7. The number of rotatable bonds is 22. The van der Waals surface area contributed by atoms with Gasteiger partial charge in [0.15, 0.2) is 18.6 Å². The van der Waals surface area contributed by atoms with E-state index < -0.39 is 114 Å². The van der Waals surface area contributed by atoms with E-state index in [1.54, 1.807) is 0 Å². The Hall–Kier alpha value is -1.91. The molecule has 300 valence electrons. The fourth-order valence-electron chi connectivity index (χ4n) is 5.71. The normalized spacial score (nSPS) is 30.8. The lowest BCUT2D eigenvalue weighted by Crippen LogP contribution is -2.63. The summed E-state index contributed by atoms with van der Waals surface area (Å²) in [5, 5.41) is 51.2. The minimum absolute atomic E-state index is 0.314. The molecule has 0 radical (unpaired) electrons. The van der Waals surface area contributed by atoms with Crippen molar-refractivity contribution in [3.63, 3.8) is 0 Å². The smallest absolute Gasteiger partial charge is 0.458 e. The molecule has 0 saturated carbocycles. The Morgan fingerprint density at radius 2 is 1.60 bits per heavy atom. The van der Waals surface area contributed by atoms with E-state index in [2.05, 4.69) is 15.8 Å². The molecule has 21 nitrogen and oxygen atoms in total. The molecule has 0 spiro atoms. The molecule has 1 aromatic heterocycles. The largest absolute Gasteiger partial charge is 0.483 e. The van der Waals surface area contributed by atoms with Crippen LogP contribution in [0.15, 0.2) is 21.9 Å². The summed E-state index contributed by atoms with van der Waals surface area (Å²) in [5.74, 6) is -0.981. The number of esters is 1. The summed E-state index contributed by atoms with van der Waals surface area (Å²) < 4.78 is 55.5. The second kappa shape index (κ2) is 20.7. The molecular weight excluding hydrogens is 740 g/mol. The number of nitrogens with two attached hydrogens (primary N) is 1. The first-order valence-corrected chi connectivity index (χ1v) is 20.1. The quantitative estimate of drug-likeness (QED) is 0.0402. The number of phosphoric acid groups is 2.